The van der Waals surface area contributed by atoms with Crippen LogP contribution in [0.2, 0.25) is 0 Å². The summed E-state index contributed by atoms with van der Waals surface area (Å²) in [5.41, 5.74) is 3.84. The van der Waals surface area contributed by atoms with E-state index in [-0.39, 0.29) is 0 Å². The van der Waals surface area contributed by atoms with Crippen LogP contribution in [0.1, 0.15) is 28.2 Å². The van der Waals surface area contributed by atoms with Gasteiger partial charge in [-0.1, -0.05) is 6.07 Å². The molecule has 3 aromatic rings. The van der Waals surface area contributed by atoms with E-state index in [2.05, 4.69) is 21.0 Å². The number of aromatic nitrogens is 3. The summed E-state index contributed by atoms with van der Waals surface area (Å²) in [6.45, 7) is 0. The van der Waals surface area contributed by atoms with Gasteiger partial charge in [0.25, 0.3) is 0 Å². The highest BCUT2D eigenvalue weighted by Crippen LogP contribution is 2.37. The van der Waals surface area contributed by atoms with Gasteiger partial charge in [-0.2, -0.15) is 0 Å². The average Bonchev–Trinajstić information content (AvgIpc) is 3.06. The second-order valence-corrected chi connectivity index (χ2v) is 6.26. The third-order valence-electron chi connectivity index (χ3n) is 3.92. The second-order valence-electron chi connectivity index (χ2n) is 5.18. The van der Waals surface area contributed by atoms with Crippen LogP contribution in [0.3, 0.4) is 0 Å². The van der Waals surface area contributed by atoms with Gasteiger partial charge in [-0.25, -0.2) is 9.97 Å². The van der Waals surface area contributed by atoms with Crippen molar-refractivity contribution < 1.29 is 0 Å². The normalized spacial score (nSPS) is 13.8. The minimum Gasteiger partial charge on any atom is -0.261 e. The third kappa shape index (κ3) is 2.00. The molecule has 1 aliphatic rings. The fourth-order valence-corrected chi connectivity index (χ4v) is 4.23. The lowest BCUT2D eigenvalue weighted by molar-refractivity contribution is 0.880. The van der Waals surface area contributed by atoms with Crippen molar-refractivity contribution in [3.63, 3.8) is 0 Å². The summed E-state index contributed by atoms with van der Waals surface area (Å²) in [6.07, 6.45) is 9.15. The number of aryl methyl sites for hydroxylation is 4. The van der Waals surface area contributed by atoms with Crippen LogP contribution in [0.5, 0.6) is 0 Å². The SMILES string of the molecule is c1ccc(CCc2ncnc3sc4c(c23)CCC4)nc1. The maximum Gasteiger partial charge on any atom is 0.127 e. The van der Waals surface area contributed by atoms with Gasteiger partial charge in [0.15, 0.2) is 0 Å². The van der Waals surface area contributed by atoms with Crippen molar-refractivity contribution in [2.75, 3.05) is 0 Å². The van der Waals surface area contributed by atoms with Crippen LogP contribution >= 0.6 is 11.3 Å². The Bertz CT molecular complexity index is 749. The van der Waals surface area contributed by atoms with Crippen LogP contribution in [-0.4, -0.2) is 15.0 Å². The Morgan fingerprint density at radius 2 is 2.05 bits per heavy atom. The van der Waals surface area contributed by atoms with E-state index in [1.54, 1.807) is 6.33 Å². The largest absolute Gasteiger partial charge is 0.261 e. The van der Waals surface area contributed by atoms with E-state index >= 15 is 0 Å². The van der Waals surface area contributed by atoms with Gasteiger partial charge < -0.3 is 0 Å². The van der Waals surface area contributed by atoms with Crippen LogP contribution < -0.4 is 0 Å². The van der Waals surface area contributed by atoms with Crippen LogP contribution in [0.25, 0.3) is 10.2 Å². The molecule has 0 N–H and O–H groups in total. The first-order valence-corrected chi connectivity index (χ1v) is 7.87. The third-order valence-corrected chi connectivity index (χ3v) is 5.12. The molecule has 4 heteroatoms. The fourth-order valence-electron chi connectivity index (χ4n) is 2.98. The minimum atomic E-state index is 0.942. The Morgan fingerprint density at radius 1 is 1.05 bits per heavy atom. The minimum absolute atomic E-state index is 0.942. The molecule has 1 aliphatic carbocycles. The van der Waals surface area contributed by atoms with Crippen LogP contribution in [0.4, 0.5) is 0 Å². The average molecular weight is 281 g/mol. The number of thiophene rings is 1. The van der Waals surface area contributed by atoms with Gasteiger partial charge in [-0.3, -0.25) is 4.98 Å². The van der Waals surface area contributed by atoms with E-state index < -0.39 is 0 Å². The maximum atomic E-state index is 4.54. The number of hydrogen-bond donors (Lipinski definition) is 0. The zero-order chi connectivity index (χ0) is 13.4. The highest BCUT2D eigenvalue weighted by atomic mass is 32.1. The Hall–Kier alpha value is -1.81. The molecule has 0 bridgehead atoms. The molecule has 100 valence electrons. The number of hydrogen-bond acceptors (Lipinski definition) is 4. The highest BCUT2D eigenvalue weighted by molar-refractivity contribution is 7.18. The molecule has 0 saturated heterocycles. The predicted molar refractivity (Wildman–Crippen MR) is 81.1 cm³/mol. The molecule has 0 atom stereocenters. The first-order valence-electron chi connectivity index (χ1n) is 7.06. The molecule has 4 rings (SSSR count). The summed E-state index contributed by atoms with van der Waals surface area (Å²) in [5, 5.41) is 1.33. The number of nitrogens with zero attached hydrogens (tertiary/aromatic N) is 3. The van der Waals surface area contributed by atoms with Crippen molar-refractivity contribution in [3.05, 3.63) is 52.6 Å². The lowest BCUT2D eigenvalue weighted by Gasteiger charge is -2.04. The Balaban J connectivity index is 1.69. The van der Waals surface area contributed by atoms with Crippen molar-refractivity contribution >= 4 is 21.6 Å². The molecule has 0 radical (unpaired) electrons. The summed E-state index contributed by atoms with van der Waals surface area (Å²) in [7, 11) is 0. The molecule has 3 heterocycles. The highest BCUT2D eigenvalue weighted by Gasteiger charge is 2.20. The van der Waals surface area contributed by atoms with Gasteiger partial charge in [-0.15, -0.1) is 11.3 Å². The molecule has 0 fully saturated rings. The number of pyridine rings is 1. The number of fused-ring (bicyclic) bond motifs is 3. The van der Waals surface area contributed by atoms with Gasteiger partial charge >= 0.3 is 0 Å². The summed E-state index contributed by atoms with van der Waals surface area (Å²) in [6, 6.07) is 6.08. The van der Waals surface area contributed by atoms with Crippen LogP contribution in [0, 0.1) is 0 Å². The van der Waals surface area contributed by atoms with Gasteiger partial charge in [-0.05, 0) is 49.8 Å². The van der Waals surface area contributed by atoms with Crippen molar-refractivity contribution in [1.29, 1.82) is 0 Å². The van der Waals surface area contributed by atoms with E-state index in [0.717, 1.165) is 18.5 Å². The summed E-state index contributed by atoms with van der Waals surface area (Å²) < 4.78 is 0. The van der Waals surface area contributed by atoms with Crippen molar-refractivity contribution in [2.45, 2.75) is 32.1 Å². The molecule has 0 saturated carbocycles. The summed E-state index contributed by atoms with van der Waals surface area (Å²) >= 11 is 1.86. The predicted octanol–water partition coefficient (Wildman–Crippen LogP) is 3.36. The smallest absolute Gasteiger partial charge is 0.127 e. The first kappa shape index (κ1) is 12.0. The molecule has 0 aliphatic heterocycles. The lowest BCUT2D eigenvalue weighted by Crippen LogP contribution is -1.98. The molecule has 0 unspecified atom stereocenters. The van der Waals surface area contributed by atoms with Crippen LogP contribution in [-0.2, 0) is 25.7 Å². The standard InChI is InChI=1S/C16H15N3S/c1-2-9-17-11(4-1)7-8-13-15-12-5-3-6-14(12)20-16(15)19-10-18-13/h1-2,4,9-10H,3,5-8H2. The molecular weight excluding hydrogens is 266 g/mol. The quantitative estimate of drug-likeness (QED) is 0.739. The molecule has 3 nitrogen and oxygen atoms in total. The monoisotopic (exact) mass is 281 g/mol. The number of rotatable bonds is 3. The molecule has 0 spiro atoms. The molecule has 0 amide bonds. The van der Waals surface area contributed by atoms with Crippen LogP contribution in [0.15, 0.2) is 30.7 Å². The topological polar surface area (TPSA) is 38.7 Å². The zero-order valence-corrected chi connectivity index (χ0v) is 12.0. The summed E-state index contributed by atoms with van der Waals surface area (Å²) in [5.74, 6) is 0. The molecule has 20 heavy (non-hydrogen) atoms. The van der Waals surface area contributed by atoms with Crippen molar-refractivity contribution in [1.82, 2.24) is 15.0 Å². The van der Waals surface area contributed by atoms with E-state index in [0.29, 0.717) is 0 Å². The molecule has 0 aromatic carbocycles. The molecular formula is C16H15N3S. The van der Waals surface area contributed by atoms with E-state index in [4.69, 9.17) is 0 Å². The summed E-state index contributed by atoms with van der Waals surface area (Å²) in [4.78, 5) is 16.1. The zero-order valence-electron chi connectivity index (χ0n) is 11.2. The van der Waals surface area contributed by atoms with Gasteiger partial charge in [0.2, 0.25) is 0 Å². The van der Waals surface area contributed by atoms with Crippen molar-refractivity contribution in [3.8, 4) is 0 Å². The Kier molecular flexibility index (Phi) is 2.96. The van der Waals surface area contributed by atoms with Gasteiger partial charge in [0, 0.05) is 22.2 Å². The van der Waals surface area contributed by atoms with E-state index in [1.165, 1.54) is 45.6 Å². The van der Waals surface area contributed by atoms with E-state index in [9.17, 15) is 0 Å². The molecule has 3 aromatic heterocycles. The van der Waals surface area contributed by atoms with Gasteiger partial charge in [0.1, 0.15) is 11.2 Å². The van der Waals surface area contributed by atoms with Gasteiger partial charge in [0.05, 0.1) is 5.69 Å². The van der Waals surface area contributed by atoms with E-state index in [1.807, 2.05) is 29.7 Å². The van der Waals surface area contributed by atoms with Crippen molar-refractivity contribution in [2.24, 2.45) is 0 Å². The maximum absolute atomic E-state index is 4.54. The fraction of sp³-hybridized carbons (Fsp3) is 0.312. The Labute approximate surface area is 121 Å². The second kappa shape index (κ2) is 4.94. The first-order chi connectivity index (χ1) is 9.92. The lowest BCUT2D eigenvalue weighted by atomic mass is 10.1. The Morgan fingerprint density at radius 3 is 2.95 bits per heavy atom.